The maximum atomic E-state index is 12.5. The van der Waals surface area contributed by atoms with Crippen molar-refractivity contribution in [3.63, 3.8) is 0 Å². The van der Waals surface area contributed by atoms with Crippen molar-refractivity contribution in [2.45, 2.75) is 31.5 Å². The number of carbonyl (C=O) groups is 2. The van der Waals surface area contributed by atoms with E-state index in [1.807, 2.05) is 0 Å². The van der Waals surface area contributed by atoms with E-state index in [-0.39, 0.29) is 34.1 Å². The number of amides is 2. The molecule has 3 aromatic rings. The molecule has 12 nitrogen and oxygen atoms in total. The molecule has 0 saturated carbocycles. The lowest BCUT2D eigenvalue weighted by Gasteiger charge is -2.18. The molecule has 192 valence electrons. The Morgan fingerprint density at radius 2 is 1.78 bits per heavy atom. The Morgan fingerprint density at radius 1 is 1.11 bits per heavy atom. The summed E-state index contributed by atoms with van der Waals surface area (Å²) in [6.45, 7) is 5.19. The molecule has 2 heterocycles. The number of nitrogens with one attached hydrogen (secondary N) is 1. The Bertz CT molecular complexity index is 1370. The smallest absolute Gasteiger partial charge is 0.413 e. The van der Waals surface area contributed by atoms with E-state index >= 15 is 0 Å². The second-order valence-corrected chi connectivity index (χ2v) is 12.4. The molecule has 36 heavy (non-hydrogen) atoms. The normalized spacial score (nSPS) is 11.6. The first-order chi connectivity index (χ1) is 16.8. The molecule has 0 fully saturated rings. The maximum absolute atomic E-state index is 12.5. The van der Waals surface area contributed by atoms with Crippen LogP contribution in [0.2, 0.25) is 0 Å². The molecule has 2 amide bonds. The monoisotopic (exact) mass is 552 g/mol. The number of benzene rings is 1. The van der Waals surface area contributed by atoms with Crippen LogP contribution >= 0.6 is 20.6 Å². The van der Waals surface area contributed by atoms with Crippen LogP contribution in [0.25, 0.3) is 10.7 Å². The second kappa shape index (κ2) is 10.8. The molecule has 1 N–H and O–H groups in total. The van der Waals surface area contributed by atoms with Gasteiger partial charge < -0.3 is 14.4 Å². The zero-order valence-electron chi connectivity index (χ0n) is 20.2. The van der Waals surface area contributed by atoms with Gasteiger partial charge in [0.15, 0.2) is 11.0 Å². The first kappa shape index (κ1) is 27.4. The van der Waals surface area contributed by atoms with Gasteiger partial charge in [-0.2, -0.15) is 15.0 Å². The number of ether oxygens (including phenoxy) is 2. The predicted octanol–water partition coefficient (Wildman–Crippen LogP) is 3.44. The second-order valence-electron chi connectivity index (χ2n) is 8.49. The molecule has 1 atom stereocenters. The summed E-state index contributed by atoms with van der Waals surface area (Å²) >= 11 is 1.02. The highest BCUT2D eigenvalue weighted by Gasteiger charge is 2.22. The lowest BCUT2D eigenvalue weighted by molar-refractivity contribution is 0.0635. The molecule has 15 heteroatoms. The summed E-state index contributed by atoms with van der Waals surface area (Å²) in [7, 11) is 1.56. The topological polar surface area (TPSA) is 154 Å². The van der Waals surface area contributed by atoms with E-state index in [4.69, 9.17) is 9.47 Å². The third kappa shape index (κ3) is 7.15. The summed E-state index contributed by atoms with van der Waals surface area (Å²) in [6.07, 6.45) is 0.695. The molecular formula is C21H25N6O6PS2. The van der Waals surface area contributed by atoms with Gasteiger partial charge in [0.2, 0.25) is 9.84 Å². The highest BCUT2D eigenvalue weighted by atomic mass is 32.2. The van der Waals surface area contributed by atoms with Crippen molar-refractivity contribution in [1.82, 2.24) is 24.8 Å². The van der Waals surface area contributed by atoms with Crippen LogP contribution in [-0.4, -0.2) is 70.4 Å². The molecule has 0 saturated heterocycles. The third-order valence-corrected chi connectivity index (χ3v) is 7.55. The number of sulfone groups is 1. The van der Waals surface area contributed by atoms with Gasteiger partial charge in [-0.15, -0.1) is 9.24 Å². The standard InChI is InChI=1S/C21H25N6O6PS2/c1-21(2,3)33-20(29)26-18-22-10-14(35-18)15-23-17(25-19(24-15)36(30,31)11-34)32-13-8-6-12(7-9-13)16(28)27(4)5/h6-10H,11,34H2,1-5H3,(H,22,26,29). The maximum Gasteiger partial charge on any atom is 0.413 e. The van der Waals surface area contributed by atoms with E-state index in [2.05, 4.69) is 34.5 Å². The van der Waals surface area contributed by atoms with Crippen LogP contribution in [0, 0.1) is 0 Å². The minimum absolute atomic E-state index is 0.00818. The number of carbonyl (C=O) groups excluding carboxylic acids is 2. The van der Waals surface area contributed by atoms with Crippen LogP contribution in [0.3, 0.4) is 0 Å². The van der Waals surface area contributed by atoms with E-state index in [1.54, 1.807) is 59.1 Å². The van der Waals surface area contributed by atoms with Gasteiger partial charge in [0, 0.05) is 19.7 Å². The summed E-state index contributed by atoms with van der Waals surface area (Å²) in [5.41, 5.74) is -0.556. The number of hydrogen-bond donors (Lipinski definition) is 1. The molecule has 0 aliphatic heterocycles. The summed E-state index contributed by atoms with van der Waals surface area (Å²) in [5, 5.41) is 2.24. The van der Waals surface area contributed by atoms with Crippen molar-refractivity contribution in [2.75, 3.05) is 24.9 Å². The molecule has 0 bridgehead atoms. The molecule has 1 unspecified atom stereocenters. The van der Waals surface area contributed by atoms with Gasteiger partial charge in [-0.3, -0.25) is 10.1 Å². The average molecular weight is 553 g/mol. The lowest BCUT2D eigenvalue weighted by atomic mass is 10.2. The van der Waals surface area contributed by atoms with Crippen LogP contribution in [0.1, 0.15) is 31.1 Å². The third-order valence-electron chi connectivity index (χ3n) is 4.14. The average Bonchev–Trinajstić information content (AvgIpc) is 3.26. The van der Waals surface area contributed by atoms with Crippen LogP contribution in [0.4, 0.5) is 9.93 Å². The van der Waals surface area contributed by atoms with Crippen molar-refractivity contribution in [2.24, 2.45) is 0 Å². The number of rotatable bonds is 7. The van der Waals surface area contributed by atoms with E-state index in [1.165, 1.54) is 11.1 Å². The number of thiazole rings is 1. The quantitative estimate of drug-likeness (QED) is 0.431. The fraction of sp³-hybridized carbons (Fsp3) is 0.333. The fourth-order valence-electron chi connectivity index (χ4n) is 2.56. The Balaban J connectivity index is 1.91. The number of anilines is 1. The Labute approximate surface area is 214 Å². The van der Waals surface area contributed by atoms with Gasteiger partial charge in [-0.05, 0) is 45.0 Å². The zero-order chi connectivity index (χ0) is 26.7. The van der Waals surface area contributed by atoms with Crippen LogP contribution in [-0.2, 0) is 14.6 Å². The number of hydrogen-bond acceptors (Lipinski definition) is 11. The van der Waals surface area contributed by atoms with Crippen molar-refractivity contribution in [3.05, 3.63) is 36.0 Å². The molecule has 0 aliphatic carbocycles. The van der Waals surface area contributed by atoms with Crippen LogP contribution < -0.4 is 10.1 Å². The predicted molar refractivity (Wildman–Crippen MR) is 137 cm³/mol. The molecule has 1 aromatic carbocycles. The SMILES string of the molecule is CN(C)C(=O)c1ccc(Oc2nc(-c3cnc(NC(=O)OC(C)(C)C)s3)nc(S(=O)(=O)CP)n2)cc1. The van der Waals surface area contributed by atoms with Gasteiger partial charge in [-0.25, -0.2) is 18.2 Å². The highest BCUT2D eigenvalue weighted by molar-refractivity contribution is 7.94. The summed E-state index contributed by atoms with van der Waals surface area (Å²) in [4.78, 5) is 42.3. The lowest BCUT2D eigenvalue weighted by Crippen LogP contribution is -2.27. The first-order valence-electron chi connectivity index (χ1n) is 10.4. The minimum Gasteiger partial charge on any atom is -0.444 e. The van der Waals surface area contributed by atoms with Crippen molar-refractivity contribution in [3.8, 4) is 22.5 Å². The van der Waals surface area contributed by atoms with Gasteiger partial charge in [0.1, 0.15) is 11.4 Å². The first-order valence-corrected chi connectivity index (χ1v) is 13.7. The zero-order valence-corrected chi connectivity index (χ0v) is 23.0. The summed E-state index contributed by atoms with van der Waals surface area (Å²) in [6, 6.07) is 5.95. The van der Waals surface area contributed by atoms with Crippen molar-refractivity contribution < 1.29 is 27.5 Å². The number of aromatic nitrogens is 4. The number of nitrogens with zero attached hydrogens (tertiary/aromatic N) is 5. The minimum atomic E-state index is -3.84. The van der Waals surface area contributed by atoms with Crippen LogP contribution in [0.15, 0.2) is 35.6 Å². The van der Waals surface area contributed by atoms with E-state index in [9.17, 15) is 18.0 Å². The van der Waals surface area contributed by atoms with Gasteiger partial charge >= 0.3 is 12.1 Å². The molecule has 2 aromatic heterocycles. The summed E-state index contributed by atoms with van der Waals surface area (Å²) < 4.78 is 35.9. The summed E-state index contributed by atoms with van der Waals surface area (Å²) in [5.74, 6) is 0.0956. The van der Waals surface area contributed by atoms with Gasteiger partial charge in [0.25, 0.3) is 11.1 Å². The molecular weight excluding hydrogens is 527 g/mol. The molecule has 0 aliphatic rings. The Hall–Kier alpha value is -3.22. The Kier molecular flexibility index (Phi) is 8.22. The molecule has 0 spiro atoms. The van der Waals surface area contributed by atoms with E-state index < -0.39 is 26.7 Å². The van der Waals surface area contributed by atoms with E-state index in [0.717, 1.165) is 11.3 Å². The van der Waals surface area contributed by atoms with Gasteiger partial charge in [0.05, 0.1) is 16.6 Å². The molecule has 0 radical (unpaired) electrons. The Morgan fingerprint density at radius 3 is 2.36 bits per heavy atom. The highest BCUT2D eigenvalue weighted by Crippen LogP contribution is 2.29. The molecule has 3 rings (SSSR count). The van der Waals surface area contributed by atoms with E-state index in [0.29, 0.717) is 10.4 Å². The largest absolute Gasteiger partial charge is 0.444 e. The van der Waals surface area contributed by atoms with Crippen molar-refractivity contribution in [1.29, 1.82) is 0 Å². The fourth-order valence-corrected chi connectivity index (χ4v) is 4.34. The van der Waals surface area contributed by atoms with Crippen molar-refractivity contribution >= 4 is 47.5 Å². The van der Waals surface area contributed by atoms with Crippen LogP contribution in [0.5, 0.6) is 11.8 Å². The van der Waals surface area contributed by atoms with Gasteiger partial charge in [-0.1, -0.05) is 11.3 Å².